The SMILES string of the molecule is Cc1ccc(C(C)C)c(OCCCn2c(CCCNC(=O)COc3ccc(Cl)cc3)nc3ccccc32)c1. The number of para-hydroxylation sites is 2. The number of benzene rings is 3. The number of hydrogen-bond acceptors (Lipinski definition) is 4. The zero-order chi connectivity index (χ0) is 26.9. The number of hydrogen-bond donors (Lipinski definition) is 1. The summed E-state index contributed by atoms with van der Waals surface area (Å²) >= 11 is 5.88. The van der Waals surface area contributed by atoms with Gasteiger partial charge in [-0.15, -0.1) is 0 Å². The fourth-order valence-electron chi connectivity index (χ4n) is 4.42. The van der Waals surface area contributed by atoms with Gasteiger partial charge in [0.25, 0.3) is 5.91 Å². The Kier molecular flexibility index (Phi) is 9.66. The summed E-state index contributed by atoms with van der Waals surface area (Å²) in [5, 5.41) is 3.56. The minimum absolute atomic E-state index is 0.0282. The molecule has 38 heavy (non-hydrogen) atoms. The molecule has 0 saturated carbocycles. The summed E-state index contributed by atoms with van der Waals surface area (Å²) in [5.74, 6) is 2.88. The van der Waals surface area contributed by atoms with Crippen molar-refractivity contribution in [2.45, 2.75) is 52.5 Å². The van der Waals surface area contributed by atoms with Crippen LogP contribution >= 0.6 is 11.6 Å². The highest BCUT2D eigenvalue weighted by Crippen LogP contribution is 2.28. The molecule has 0 radical (unpaired) electrons. The zero-order valence-corrected chi connectivity index (χ0v) is 23.1. The van der Waals surface area contributed by atoms with E-state index in [9.17, 15) is 4.79 Å². The first-order chi connectivity index (χ1) is 18.4. The minimum Gasteiger partial charge on any atom is -0.493 e. The maximum absolute atomic E-state index is 12.2. The molecular weight excluding hydrogens is 498 g/mol. The predicted octanol–water partition coefficient (Wildman–Crippen LogP) is 6.72. The summed E-state index contributed by atoms with van der Waals surface area (Å²) in [5.41, 5.74) is 4.56. The molecule has 0 aliphatic rings. The van der Waals surface area contributed by atoms with Crippen molar-refractivity contribution in [3.05, 3.63) is 88.7 Å². The summed E-state index contributed by atoms with van der Waals surface area (Å²) in [7, 11) is 0. The van der Waals surface area contributed by atoms with Crippen LogP contribution in [0.25, 0.3) is 11.0 Å². The number of imidazole rings is 1. The van der Waals surface area contributed by atoms with Crippen molar-refractivity contribution < 1.29 is 14.3 Å². The molecule has 0 fully saturated rings. The summed E-state index contributed by atoms with van der Waals surface area (Å²) in [6.07, 6.45) is 2.42. The van der Waals surface area contributed by atoms with Crippen molar-refractivity contribution in [3.63, 3.8) is 0 Å². The molecule has 0 aliphatic heterocycles. The van der Waals surface area contributed by atoms with Gasteiger partial charge < -0.3 is 19.4 Å². The van der Waals surface area contributed by atoms with Gasteiger partial charge in [0.15, 0.2) is 6.61 Å². The van der Waals surface area contributed by atoms with E-state index in [1.165, 1.54) is 11.1 Å². The lowest BCUT2D eigenvalue weighted by Crippen LogP contribution is -2.30. The van der Waals surface area contributed by atoms with Gasteiger partial charge in [-0.25, -0.2) is 4.98 Å². The Hall–Kier alpha value is -3.51. The summed E-state index contributed by atoms with van der Waals surface area (Å²) in [4.78, 5) is 17.1. The number of rotatable bonds is 13. The highest BCUT2D eigenvalue weighted by atomic mass is 35.5. The van der Waals surface area contributed by atoms with Crippen LogP contribution in [0.4, 0.5) is 0 Å². The molecule has 0 unspecified atom stereocenters. The van der Waals surface area contributed by atoms with Gasteiger partial charge in [-0.05, 0) is 79.3 Å². The standard InChI is InChI=1S/C31H36ClN3O3/c1-22(2)26-16-11-23(3)20-29(26)37-19-7-18-35-28-9-5-4-8-27(28)34-30(35)10-6-17-33-31(36)21-38-25-14-12-24(32)13-15-25/h4-5,8-9,11-16,20,22H,6-7,10,17-19,21H2,1-3H3,(H,33,36). The molecule has 0 aliphatic carbocycles. The molecule has 3 aromatic carbocycles. The zero-order valence-electron chi connectivity index (χ0n) is 22.4. The van der Waals surface area contributed by atoms with Crippen LogP contribution in [0.5, 0.6) is 11.5 Å². The lowest BCUT2D eigenvalue weighted by molar-refractivity contribution is -0.123. The van der Waals surface area contributed by atoms with Crippen LogP contribution in [0.1, 0.15) is 49.6 Å². The third-order valence-corrected chi connectivity index (χ3v) is 6.64. The first kappa shape index (κ1) is 27.5. The molecule has 0 saturated heterocycles. The Balaban J connectivity index is 1.28. The Labute approximate surface area is 229 Å². The number of fused-ring (bicyclic) bond motifs is 1. The largest absolute Gasteiger partial charge is 0.493 e. The molecule has 4 rings (SSSR count). The Morgan fingerprint density at radius 3 is 2.61 bits per heavy atom. The second-order valence-corrected chi connectivity index (χ2v) is 10.2. The second kappa shape index (κ2) is 13.3. The number of nitrogens with one attached hydrogen (secondary N) is 1. The van der Waals surface area contributed by atoms with E-state index in [2.05, 4.69) is 54.9 Å². The van der Waals surface area contributed by atoms with Crippen molar-refractivity contribution in [1.29, 1.82) is 0 Å². The van der Waals surface area contributed by atoms with E-state index in [-0.39, 0.29) is 12.5 Å². The van der Waals surface area contributed by atoms with E-state index >= 15 is 0 Å². The van der Waals surface area contributed by atoms with Gasteiger partial charge in [0.2, 0.25) is 0 Å². The van der Waals surface area contributed by atoms with E-state index < -0.39 is 0 Å². The van der Waals surface area contributed by atoms with Gasteiger partial charge in [-0.1, -0.05) is 49.7 Å². The number of aromatic nitrogens is 2. The topological polar surface area (TPSA) is 65.4 Å². The number of nitrogens with zero attached hydrogens (tertiary/aromatic N) is 2. The molecule has 0 bridgehead atoms. The monoisotopic (exact) mass is 533 g/mol. The van der Waals surface area contributed by atoms with Crippen molar-refractivity contribution in [3.8, 4) is 11.5 Å². The molecule has 4 aromatic rings. The number of halogens is 1. The smallest absolute Gasteiger partial charge is 0.257 e. The van der Waals surface area contributed by atoms with Crippen LogP contribution in [0.15, 0.2) is 66.7 Å². The Morgan fingerprint density at radius 2 is 1.82 bits per heavy atom. The minimum atomic E-state index is -0.150. The molecule has 7 heteroatoms. The summed E-state index contributed by atoms with van der Waals surface area (Å²) < 4.78 is 14.0. The highest BCUT2D eigenvalue weighted by Gasteiger charge is 2.12. The molecule has 1 N–H and O–H groups in total. The predicted molar refractivity (Wildman–Crippen MR) is 153 cm³/mol. The van der Waals surface area contributed by atoms with Gasteiger partial charge in [-0.2, -0.15) is 0 Å². The fourth-order valence-corrected chi connectivity index (χ4v) is 4.55. The van der Waals surface area contributed by atoms with Gasteiger partial charge in [-0.3, -0.25) is 4.79 Å². The second-order valence-electron chi connectivity index (χ2n) is 9.76. The first-order valence-corrected chi connectivity index (χ1v) is 13.6. The lowest BCUT2D eigenvalue weighted by Gasteiger charge is -2.15. The molecule has 0 spiro atoms. The van der Waals surface area contributed by atoms with Gasteiger partial charge in [0.05, 0.1) is 17.6 Å². The van der Waals surface area contributed by atoms with E-state index in [0.29, 0.717) is 29.8 Å². The van der Waals surface area contributed by atoms with Crippen LogP contribution in [0, 0.1) is 6.92 Å². The summed E-state index contributed by atoms with van der Waals surface area (Å²) in [6.45, 7) is 8.46. The fraction of sp³-hybridized carbons (Fsp3) is 0.355. The van der Waals surface area contributed by atoms with Gasteiger partial charge in [0.1, 0.15) is 17.3 Å². The maximum atomic E-state index is 12.2. The molecular formula is C31H36ClN3O3. The summed E-state index contributed by atoms with van der Waals surface area (Å²) in [6, 6.07) is 21.6. The van der Waals surface area contributed by atoms with E-state index in [4.69, 9.17) is 26.1 Å². The quantitative estimate of drug-likeness (QED) is 0.194. The number of carbonyl (C=O) groups is 1. The van der Waals surface area contributed by atoms with Crippen molar-refractivity contribution in [2.75, 3.05) is 19.8 Å². The highest BCUT2D eigenvalue weighted by molar-refractivity contribution is 6.30. The Morgan fingerprint density at radius 1 is 1.03 bits per heavy atom. The molecule has 1 amide bonds. The van der Waals surface area contributed by atoms with Crippen LogP contribution in [-0.2, 0) is 17.8 Å². The van der Waals surface area contributed by atoms with Crippen molar-refractivity contribution in [2.24, 2.45) is 0 Å². The third-order valence-electron chi connectivity index (χ3n) is 6.39. The van der Waals surface area contributed by atoms with Crippen LogP contribution < -0.4 is 14.8 Å². The molecule has 6 nitrogen and oxygen atoms in total. The average Bonchev–Trinajstić information content (AvgIpc) is 3.26. The van der Waals surface area contributed by atoms with Crippen LogP contribution in [0.3, 0.4) is 0 Å². The van der Waals surface area contributed by atoms with Crippen LogP contribution in [0.2, 0.25) is 5.02 Å². The molecule has 1 aromatic heterocycles. The van der Waals surface area contributed by atoms with E-state index in [1.807, 2.05) is 18.2 Å². The van der Waals surface area contributed by atoms with E-state index in [1.54, 1.807) is 24.3 Å². The van der Waals surface area contributed by atoms with Crippen LogP contribution in [-0.4, -0.2) is 35.2 Å². The lowest BCUT2D eigenvalue weighted by atomic mass is 10.0. The number of aryl methyl sites for hydroxylation is 3. The molecule has 0 atom stereocenters. The number of ether oxygens (including phenoxy) is 2. The molecule has 1 heterocycles. The van der Waals surface area contributed by atoms with Crippen molar-refractivity contribution >= 4 is 28.5 Å². The maximum Gasteiger partial charge on any atom is 0.257 e. The van der Waals surface area contributed by atoms with Gasteiger partial charge in [0, 0.05) is 24.5 Å². The third kappa shape index (κ3) is 7.51. The number of carbonyl (C=O) groups excluding carboxylic acids is 1. The number of amides is 1. The average molecular weight is 534 g/mol. The Bertz CT molecular complexity index is 1350. The van der Waals surface area contributed by atoms with Gasteiger partial charge >= 0.3 is 0 Å². The normalized spacial score (nSPS) is 11.2. The molecule has 200 valence electrons. The van der Waals surface area contributed by atoms with E-state index in [0.717, 1.165) is 48.4 Å². The van der Waals surface area contributed by atoms with Crippen molar-refractivity contribution in [1.82, 2.24) is 14.9 Å². The first-order valence-electron chi connectivity index (χ1n) is 13.2.